The lowest BCUT2D eigenvalue weighted by molar-refractivity contribution is 0.589. The molecule has 1 aromatic heterocycles. The zero-order chi connectivity index (χ0) is 22.6. The number of aryl methyl sites for hydroxylation is 2. The van der Waals surface area contributed by atoms with Gasteiger partial charge in [0.2, 0.25) is 5.95 Å². The van der Waals surface area contributed by atoms with Crippen LogP contribution in [0.4, 0.5) is 17.5 Å². The number of benzene rings is 2. The maximum atomic E-state index is 13.4. The first-order chi connectivity index (χ1) is 14.7. The van der Waals surface area contributed by atoms with Gasteiger partial charge in [-0.3, -0.25) is 4.31 Å². The highest BCUT2D eigenvalue weighted by molar-refractivity contribution is 7.92. The largest absolute Gasteiger partial charge is 0.368 e. The van der Waals surface area contributed by atoms with E-state index in [1.807, 2.05) is 75.3 Å². The van der Waals surface area contributed by atoms with Crippen molar-refractivity contribution in [3.05, 3.63) is 71.4 Å². The van der Waals surface area contributed by atoms with Crippen LogP contribution in [0.15, 0.2) is 59.5 Å². The Kier molecular flexibility index (Phi) is 6.80. The summed E-state index contributed by atoms with van der Waals surface area (Å²) in [6.45, 7) is 4.17. The smallest absolute Gasteiger partial charge is 0.264 e. The second-order valence-electron chi connectivity index (χ2n) is 7.69. The lowest BCUT2D eigenvalue weighted by atomic mass is 10.1. The third kappa shape index (κ3) is 5.14. The Morgan fingerprint density at radius 1 is 0.935 bits per heavy atom. The average molecular weight is 440 g/mol. The molecule has 0 bridgehead atoms. The van der Waals surface area contributed by atoms with Gasteiger partial charge in [-0.25, -0.2) is 13.4 Å². The molecule has 0 saturated heterocycles. The lowest BCUT2D eigenvalue weighted by Gasteiger charge is -2.25. The van der Waals surface area contributed by atoms with Gasteiger partial charge in [0.05, 0.1) is 10.6 Å². The standard InChI is InChI=1S/C23H29N5O2S/c1-17-12-14-20(15-13-17)31(29,30)28(19-9-6-5-7-10-19)16-8-11-21-18(2)25-23(24)26-22(21)27(3)4/h5-7,9-10,12-15H,8,11,16H2,1-4H3,(H2,24,25,26). The van der Waals surface area contributed by atoms with E-state index in [-0.39, 0.29) is 10.8 Å². The number of aromatic nitrogens is 2. The number of nitrogens with two attached hydrogens (primary N) is 1. The summed E-state index contributed by atoms with van der Waals surface area (Å²) in [6.07, 6.45) is 1.24. The summed E-state index contributed by atoms with van der Waals surface area (Å²) in [5.41, 5.74) is 9.25. The molecule has 3 rings (SSSR count). The minimum atomic E-state index is -3.70. The topological polar surface area (TPSA) is 92.4 Å². The average Bonchev–Trinajstić information content (AvgIpc) is 2.72. The van der Waals surface area contributed by atoms with Crippen molar-refractivity contribution < 1.29 is 8.42 Å². The van der Waals surface area contributed by atoms with E-state index in [0.29, 0.717) is 25.1 Å². The van der Waals surface area contributed by atoms with Gasteiger partial charge in [-0.05, 0) is 51.0 Å². The number of anilines is 3. The van der Waals surface area contributed by atoms with Crippen molar-refractivity contribution >= 4 is 27.5 Å². The number of nitrogen functional groups attached to an aromatic ring is 1. The van der Waals surface area contributed by atoms with Crippen molar-refractivity contribution in [2.75, 3.05) is 35.6 Å². The van der Waals surface area contributed by atoms with Crippen molar-refractivity contribution in [3.63, 3.8) is 0 Å². The van der Waals surface area contributed by atoms with Gasteiger partial charge >= 0.3 is 0 Å². The molecule has 7 nitrogen and oxygen atoms in total. The highest BCUT2D eigenvalue weighted by Crippen LogP contribution is 2.26. The molecule has 0 unspecified atom stereocenters. The first-order valence-electron chi connectivity index (χ1n) is 10.1. The third-order valence-electron chi connectivity index (χ3n) is 5.07. The van der Waals surface area contributed by atoms with Crippen LogP contribution in [0.25, 0.3) is 0 Å². The monoisotopic (exact) mass is 439 g/mol. The molecule has 0 spiro atoms. The molecule has 0 atom stereocenters. The lowest BCUT2D eigenvalue weighted by Crippen LogP contribution is -2.32. The van der Waals surface area contributed by atoms with E-state index < -0.39 is 10.0 Å². The Balaban J connectivity index is 1.89. The molecule has 164 valence electrons. The predicted molar refractivity (Wildman–Crippen MR) is 126 cm³/mol. The summed E-state index contributed by atoms with van der Waals surface area (Å²) in [5, 5.41) is 0. The van der Waals surface area contributed by atoms with E-state index in [0.717, 1.165) is 22.6 Å². The molecule has 0 saturated carbocycles. The van der Waals surface area contributed by atoms with Crippen LogP contribution in [0.1, 0.15) is 23.2 Å². The number of sulfonamides is 1. The number of hydrogen-bond acceptors (Lipinski definition) is 6. The normalized spacial score (nSPS) is 11.4. The van der Waals surface area contributed by atoms with Crippen molar-refractivity contribution in [2.45, 2.75) is 31.6 Å². The Morgan fingerprint density at radius 3 is 2.19 bits per heavy atom. The second kappa shape index (κ2) is 9.34. The summed E-state index contributed by atoms with van der Waals surface area (Å²) in [5.74, 6) is 0.996. The van der Waals surface area contributed by atoms with E-state index in [9.17, 15) is 8.42 Å². The molecule has 0 aliphatic carbocycles. The second-order valence-corrected chi connectivity index (χ2v) is 9.56. The van der Waals surface area contributed by atoms with E-state index in [1.54, 1.807) is 12.1 Å². The first kappa shape index (κ1) is 22.6. The molecule has 0 radical (unpaired) electrons. The Bertz CT molecular complexity index is 1130. The van der Waals surface area contributed by atoms with Crippen LogP contribution in [0.2, 0.25) is 0 Å². The summed E-state index contributed by atoms with van der Waals surface area (Å²) >= 11 is 0. The summed E-state index contributed by atoms with van der Waals surface area (Å²) < 4.78 is 28.4. The van der Waals surface area contributed by atoms with Crippen molar-refractivity contribution in [1.82, 2.24) is 9.97 Å². The van der Waals surface area contributed by atoms with E-state index >= 15 is 0 Å². The van der Waals surface area contributed by atoms with Crippen LogP contribution < -0.4 is 14.9 Å². The fraction of sp³-hybridized carbons (Fsp3) is 0.304. The van der Waals surface area contributed by atoms with Gasteiger partial charge in [0, 0.05) is 31.9 Å². The van der Waals surface area contributed by atoms with Crippen LogP contribution in [0.3, 0.4) is 0 Å². The molecule has 0 fully saturated rings. The Labute approximate surface area is 184 Å². The van der Waals surface area contributed by atoms with E-state index in [2.05, 4.69) is 9.97 Å². The predicted octanol–water partition coefficient (Wildman–Crippen LogP) is 3.57. The third-order valence-corrected chi connectivity index (χ3v) is 6.92. The van der Waals surface area contributed by atoms with Crippen molar-refractivity contribution in [2.24, 2.45) is 0 Å². The van der Waals surface area contributed by atoms with Gasteiger partial charge in [-0.1, -0.05) is 35.9 Å². The number of rotatable bonds is 8. The number of nitrogens with zero attached hydrogens (tertiary/aromatic N) is 4. The van der Waals surface area contributed by atoms with Gasteiger partial charge < -0.3 is 10.6 Å². The molecule has 31 heavy (non-hydrogen) atoms. The molecular formula is C23H29N5O2S. The highest BCUT2D eigenvalue weighted by Gasteiger charge is 2.25. The molecule has 3 aromatic rings. The van der Waals surface area contributed by atoms with E-state index in [4.69, 9.17) is 5.73 Å². The molecule has 0 aliphatic rings. The SMILES string of the molecule is Cc1ccc(S(=O)(=O)N(CCCc2c(C)nc(N)nc2N(C)C)c2ccccc2)cc1. The molecule has 0 amide bonds. The number of hydrogen-bond donors (Lipinski definition) is 1. The minimum absolute atomic E-state index is 0.234. The minimum Gasteiger partial charge on any atom is -0.368 e. The Morgan fingerprint density at radius 2 is 1.58 bits per heavy atom. The molecule has 8 heteroatoms. The molecule has 1 heterocycles. The Hall–Kier alpha value is -3.13. The van der Waals surface area contributed by atoms with Gasteiger partial charge in [-0.15, -0.1) is 0 Å². The van der Waals surface area contributed by atoms with Crippen LogP contribution in [-0.4, -0.2) is 39.0 Å². The van der Waals surface area contributed by atoms with Crippen LogP contribution in [0.5, 0.6) is 0 Å². The van der Waals surface area contributed by atoms with Crippen LogP contribution >= 0.6 is 0 Å². The molecule has 0 aliphatic heterocycles. The summed E-state index contributed by atoms with van der Waals surface area (Å²) in [6, 6.07) is 16.1. The van der Waals surface area contributed by atoms with Crippen LogP contribution in [0, 0.1) is 13.8 Å². The van der Waals surface area contributed by atoms with Crippen molar-refractivity contribution in [1.29, 1.82) is 0 Å². The van der Waals surface area contributed by atoms with Gasteiger partial charge in [0.25, 0.3) is 10.0 Å². The number of para-hydroxylation sites is 1. The summed E-state index contributed by atoms with van der Waals surface area (Å²) in [4.78, 5) is 10.8. The zero-order valence-corrected chi connectivity index (χ0v) is 19.2. The van der Waals surface area contributed by atoms with Crippen molar-refractivity contribution in [3.8, 4) is 0 Å². The van der Waals surface area contributed by atoms with Gasteiger partial charge in [0.1, 0.15) is 5.82 Å². The van der Waals surface area contributed by atoms with E-state index in [1.165, 1.54) is 4.31 Å². The zero-order valence-electron chi connectivity index (χ0n) is 18.4. The maximum absolute atomic E-state index is 13.4. The first-order valence-corrected chi connectivity index (χ1v) is 11.6. The fourth-order valence-corrected chi connectivity index (χ4v) is 4.99. The maximum Gasteiger partial charge on any atom is 0.264 e. The van der Waals surface area contributed by atoms with Gasteiger partial charge in [-0.2, -0.15) is 4.98 Å². The van der Waals surface area contributed by atoms with Gasteiger partial charge in [0.15, 0.2) is 0 Å². The van der Waals surface area contributed by atoms with Crippen LogP contribution in [-0.2, 0) is 16.4 Å². The fourth-order valence-electron chi connectivity index (χ4n) is 3.48. The summed E-state index contributed by atoms with van der Waals surface area (Å²) in [7, 11) is 0.114. The molecule has 2 N–H and O–H groups in total. The molecule has 2 aromatic carbocycles. The quantitative estimate of drug-likeness (QED) is 0.577. The highest BCUT2D eigenvalue weighted by atomic mass is 32.2. The molecular weight excluding hydrogens is 410 g/mol.